The first-order valence-corrected chi connectivity index (χ1v) is 9.34. The van der Waals surface area contributed by atoms with Crippen molar-refractivity contribution < 1.29 is 4.74 Å². The maximum absolute atomic E-state index is 5.47. The Labute approximate surface area is 153 Å². The van der Waals surface area contributed by atoms with E-state index in [1.54, 1.807) is 7.11 Å². The highest BCUT2D eigenvalue weighted by Gasteiger charge is 2.25. The van der Waals surface area contributed by atoms with Crippen molar-refractivity contribution in [3.05, 3.63) is 72.3 Å². The molecular weight excluding hydrogens is 326 g/mol. The van der Waals surface area contributed by atoms with E-state index in [9.17, 15) is 0 Å². The molecular formula is C22H21NOS. The zero-order valence-corrected chi connectivity index (χ0v) is 15.5. The summed E-state index contributed by atoms with van der Waals surface area (Å²) in [6.45, 7) is 4.45. The van der Waals surface area contributed by atoms with Crippen molar-refractivity contribution in [1.29, 1.82) is 0 Å². The van der Waals surface area contributed by atoms with E-state index in [0.717, 1.165) is 5.75 Å². The van der Waals surface area contributed by atoms with E-state index in [2.05, 4.69) is 79.4 Å². The van der Waals surface area contributed by atoms with Gasteiger partial charge in [-0.3, -0.25) is 0 Å². The Kier molecular flexibility index (Phi) is 4.18. The van der Waals surface area contributed by atoms with Crippen molar-refractivity contribution in [2.24, 2.45) is 0 Å². The Hall–Kier alpha value is -2.39. The van der Waals surface area contributed by atoms with Crippen LogP contribution in [-0.4, -0.2) is 7.11 Å². The smallest absolute Gasteiger partial charge is 0.121 e. The van der Waals surface area contributed by atoms with Gasteiger partial charge < -0.3 is 9.64 Å². The Morgan fingerprint density at radius 1 is 0.840 bits per heavy atom. The van der Waals surface area contributed by atoms with Gasteiger partial charge in [0.15, 0.2) is 0 Å². The fourth-order valence-electron chi connectivity index (χ4n) is 3.15. The number of rotatable bonds is 3. The van der Waals surface area contributed by atoms with Gasteiger partial charge in [0.2, 0.25) is 0 Å². The summed E-state index contributed by atoms with van der Waals surface area (Å²) in [6, 6.07) is 23.7. The molecule has 0 bridgehead atoms. The van der Waals surface area contributed by atoms with Crippen LogP contribution < -0.4 is 9.64 Å². The molecule has 3 aromatic carbocycles. The number of hydrogen-bond acceptors (Lipinski definition) is 3. The number of methoxy groups -OCH3 is 1. The molecule has 0 aromatic heterocycles. The lowest BCUT2D eigenvalue weighted by molar-refractivity contribution is 0.414. The molecule has 1 aliphatic rings. The summed E-state index contributed by atoms with van der Waals surface area (Å²) in [5, 5.41) is 0. The van der Waals surface area contributed by atoms with Crippen LogP contribution in [0, 0.1) is 0 Å². The number of ether oxygens (including phenoxy) is 1. The first-order valence-electron chi connectivity index (χ1n) is 8.52. The molecule has 4 rings (SSSR count). The third kappa shape index (κ3) is 2.89. The summed E-state index contributed by atoms with van der Waals surface area (Å²) in [6.07, 6.45) is 0. The maximum atomic E-state index is 5.47. The predicted molar refractivity (Wildman–Crippen MR) is 106 cm³/mol. The molecule has 126 valence electrons. The number of hydrogen-bond donors (Lipinski definition) is 0. The van der Waals surface area contributed by atoms with Crippen LogP contribution in [-0.2, 0) is 0 Å². The van der Waals surface area contributed by atoms with Gasteiger partial charge in [0.25, 0.3) is 0 Å². The lowest BCUT2D eigenvalue weighted by Crippen LogP contribution is -2.15. The average molecular weight is 347 g/mol. The van der Waals surface area contributed by atoms with Crippen molar-refractivity contribution in [1.82, 2.24) is 0 Å². The van der Waals surface area contributed by atoms with Gasteiger partial charge in [-0.05, 0) is 47.9 Å². The molecule has 3 heteroatoms. The molecule has 1 heterocycles. The Morgan fingerprint density at radius 3 is 2.28 bits per heavy atom. The molecule has 25 heavy (non-hydrogen) atoms. The van der Waals surface area contributed by atoms with Crippen LogP contribution in [0.5, 0.6) is 5.75 Å². The van der Waals surface area contributed by atoms with Crippen LogP contribution in [0.3, 0.4) is 0 Å². The summed E-state index contributed by atoms with van der Waals surface area (Å²) < 4.78 is 5.47. The topological polar surface area (TPSA) is 12.5 Å². The van der Waals surface area contributed by atoms with Crippen LogP contribution >= 0.6 is 11.8 Å². The minimum Gasteiger partial charge on any atom is -0.497 e. The van der Waals surface area contributed by atoms with Crippen LogP contribution in [0.1, 0.15) is 25.3 Å². The van der Waals surface area contributed by atoms with E-state index in [0.29, 0.717) is 5.92 Å². The van der Waals surface area contributed by atoms with Gasteiger partial charge in [0, 0.05) is 21.5 Å². The number of anilines is 3. The van der Waals surface area contributed by atoms with Gasteiger partial charge in [0.1, 0.15) is 5.75 Å². The highest BCUT2D eigenvalue weighted by Crippen LogP contribution is 2.52. The molecule has 0 amide bonds. The van der Waals surface area contributed by atoms with Crippen LogP contribution in [0.15, 0.2) is 76.5 Å². The van der Waals surface area contributed by atoms with Crippen LogP contribution in [0.4, 0.5) is 17.1 Å². The molecule has 2 nitrogen and oxygen atoms in total. The largest absolute Gasteiger partial charge is 0.497 e. The van der Waals surface area contributed by atoms with Crippen LogP contribution in [0.2, 0.25) is 0 Å². The van der Waals surface area contributed by atoms with Gasteiger partial charge >= 0.3 is 0 Å². The second kappa shape index (κ2) is 6.49. The summed E-state index contributed by atoms with van der Waals surface area (Å²) >= 11 is 1.81. The molecule has 0 radical (unpaired) electrons. The van der Waals surface area contributed by atoms with Crippen molar-refractivity contribution in [3.63, 3.8) is 0 Å². The second-order valence-electron chi connectivity index (χ2n) is 6.49. The van der Waals surface area contributed by atoms with Gasteiger partial charge in [-0.15, -0.1) is 0 Å². The van der Waals surface area contributed by atoms with Crippen LogP contribution in [0.25, 0.3) is 0 Å². The monoisotopic (exact) mass is 347 g/mol. The fraction of sp³-hybridized carbons (Fsp3) is 0.182. The van der Waals surface area contributed by atoms with Gasteiger partial charge in [-0.25, -0.2) is 0 Å². The third-order valence-electron chi connectivity index (χ3n) is 4.55. The van der Waals surface area contributed by atoms with E-state index in [4.69, 9.17) is 4.74 Å². The van der Waals surface area contributed by atoms with E-state index in [1.165, 1.54) is 32.4 Å². The first-order chi connectivity index (χ1) is 12.2. The minimum absolute atomic E-state index is 0.533. The van der Waals surface area contributed by atoms with Crippen molar-refractivity contribution in [2.75, 3.05) is 12.0 Å². The normalized spacial score (nSPS) is 12.7. The van der Waals surface area contributed by atoms with Crippen molar-refractivity contribution >= 4 is 28.8 Å². The fourth-order valence-corrected chi connectivity index (χ4v) is 4.19. The number of para-hydroxylation sites is 1. The summed E-state index contributed by atoms with van der Waals surface area (Å²) in [5.74, 6) is 1.41. The predicted octanol–water partition coefficient (Wildman–Crippen LogP) is 6.75. The molecule has 1 aliphatic heterocycles. The van der Waals surface area contributed by atoms with E-state index in [1.807, 2.05) is 17.8 Å². The Bertz CT molecular complexity index is 902. The van der Waals surface area contributed by atoms with Gasteiger partial charge in [0.05, 0.1) is 18.5 Å². The van der Waals surface area contributed by atoms with E-state index in [-0.39, 0.29) is 0 Å². The molecule has 3 aromatic rings. The quantitative estimate of drug-likeness (QED) is 0.406. The molecule has 0 N–H and O–H groups in total. The lowest BCUT2D eigenvalue weighted by atomic mass is 10.0. The number of fused-ring (bicyclic) bond motifs is 2. The Morgan fingerprint density at radius 2 is 1.56 bits per heavy atom. The molecule has 0 spiro atoms. The standard InChI is InChI=1S/C22H21NOS/c1-15(2)16-8-10-17(11-9-16)23-19-6-4-5-7-21(19)25-22-13-12-18(24-3)14-20(22)23/h4-15H,1-3H3. The third-order valence-corrected chi connectivity index (χ3v) is 5.68. The first kappa shape index (κ1) is 16.1. The zero-order chi connectivity index (χ0) is 17.4. The molecule has 0 unspecified atom stereocenters. The SMILES string of the molecule is COc1ccc2c(c1)N(c1ccc(C(C)C)cc1)c1ccccc1S2. The second-order valence-corrected chi connectivity index (χ2v) is 7.57. The zero-order valence-electron chi connectivity index (χ0n) is 14.7. The Balaban J connectivity index is 1.88. The highest BCUT2D eigenvalue weighted by molar-refractivity contribution is 7.99. The molecule has 0 saturated carbocycles. The number of benzene rings is 3. The molecule has 0 atom stereocenters. The van der Waals surface area contributed by atoms with E-state index >= 15 is 0 Å². The number of nitrogens with zero attached hydrogens (tertiary/aromatic N) is 1. The van der Waals surface area contributed by atoms with Gasteiger partial charge in [-0.2, -0.15) is 0 Å². The van der Waals surface area contributed by atoms with Crippen molar-refractivity contribution in [3.8, 4) is 5.75 Å². The maximum Gasteiger partial charge on any atom is 0.121 e. The molecule has 0 saturated heterocycles. The summed E-state index contributed by atoms with van der Waals surface area (Å²) in [7, 11) is 1.72. The van der Waals surface area contributed by atoms with Crippen molar-refractivity contribution in [2.45, 2.75) is 29.6 Å². The summed E-state index contributed by atoms with van der Waals surface area (Å²) in [4.78, 5) is 4.84. The minimum atomic E-state index is 0.533. The van der Waals surface area contributed by atoms with Gasteiger partial charge in [-0.1, -0.05) is 49.9 Å². The average Bonchev–Trinajstić information content (AvgIpc) is 2.65. The lowest BCUT2D eigenvalue weighted by Gasteiger charge is -2.33. The summed E-state index contributed by atoms with van der Waals surface area (Å²) in [5.41, 5.74) is 4.91. The van der Waals surface area contributed by atoms with E-state index < -0.39 is 0 Å². The molecule has 0 aliphatic carbocycles. The highest BCUT2D eigenvalue weighted by atomic mass is 32.2. The molecule has 0 fully saturated rings.